The molecule has 0 unspecified atom stereocenters. The molecular formula is C17H28N4O2. The van der Waals surface area contributed by atoms with Crippen LogP contribution in [-0.4, -0.2) is 72.0 Å². The number of carbonyl (C=O) groups is 2. The summed E-state index contributed by atoms with van der Waals surface area (Å²) in [5.41, 5.74) is -0.306. The Morgan fingerprint density at radius 3 is 2.57 bits per heavy atom. The third-order valence-corrected chi connectivity index (χ3v) is 6.57. The number of fused-ring (bicyclic) bond motifs is 1. The summed E-state index contributed by atoms with van der Waals surface area (Å²) in [7, 11) is 2.16. The minimum atomic E-state index is -0.306. The molecule has 3 heterocycles. The van der Waals surface area contributed by atoms with E-state index in [2.05, 4.69) is 22.6 Å². The Labute approximate surface area is 137 Å². The van der Waals surface area contributed by atoms with Gasteiger partial charge in [0.05, 0.1) is 12.0 Å². The Hall–Kier alpha value is -1.14. The van der Waals surface area contributed by atoms with Crippen molar-refractivity contribution >= 4 is 11.8 Å². The lowest BCUT2D eigenvalue weighted by molar-refractivity contribution is -0.135. The number of carbonyl (C=O) groups excluding carboxylic acids is 2. The summed E-state index contributed by atoms with van der Waals surface area (Å²) in [6.45, 7) is 2.48. The molecule has 6 heteroatoms. The largest absolute Gasteiger partial charge is 0.348 e. The standard InChI is InChI=1S/C17H28N4O2/c1-20(12-3-2-4-12)13-9-14-16(23)19-17(5-7-18-8-6-17)10-15(22)21(14)11-13/h12-14,18H,2-11H2,1H3,(H,19,23)/t13-,14-/m0/s1. The van der Waals surface area contributed by atoms with Crippen molar-refractivity contribution in [1.82, 2.24) is 20.4 Å². The maximum atomic E-state index is 12.8. The molecular weight excluding hydrogens is 292 g/mol. The zero-order valence-corrected chi connectivity index (χ0v) is 14.0. The smallest absolute Gasteiger partial charge is 0.243 e. The van der Waals surface area contributed by atoms with Gasteiger partial charge in [-0.15, -0.1) is 0 Å². The van der Waals surface area contributed by atoms with Crippen molar-refractivity contribution in [2.24, 2.45) is 0 Å². The molecule has 4 rings (SSSR count). The number of hydrogen-bond acceptors (Lipinski definition) is 4. The first-order chi connectivity index (χ1) is 11.1. The van der Waals surface area contributed by atoms with E-state index in [9.17, 15) is 9.59 Å². The number of amides is 2. The van der Waals surface area contributed by atoms with E-state index < -0.39 is 0 Å². The van der Waals surface area contributed by atoms with Crippen LogP contribution in [0.4, 0.5) is 0 Å². The van der Waals surface area contributed by atoms with Gasteiger partial charge in [-0.2, -0.15) is 0 Å². The molecule has 6 nitrogen and oxygen atoms in total. The molecule has 3 saturated heterocycles. The van der Waals surface area contributed by atoms with Crippen molar-refractivity contribution < 1.29 is 9.59 Å². The fourth-order valence-corrected chi connectivity index (χ4v) is 4.71. The summed E-state index contributed by atoms with van der Waals surface area (Å²) in [5.74, 6) is 0.238. The molecule has 2 N–H and O–H groups in total. The molecule has 2 amide bonds. The van der Waals surface area contributed by atoms with Crippen molar-refractivity contribution in [2.45, 2.75) is 68.6 Å². The van der Waals surface area contributed by atoms with Crippen molar-refractivity contribution in [1.29, 1.82) is 0 Å². The lowest BCUT2D eigenvalue weighted by atomic mass is 9.84. The molecule has 23 heavy (non-hydrogen) atoms. The Balaban J connectivity index is 1.49. The highest BCUT2D eigenvalue weighted by molar-refractivity contribution is 5.92. The van der Waals surface area contributed by atoms with E-state index in [-0.39, 0.29) is 23.4 Å². The molecule has 1 aliphatic carbocycles. The molecule has 1 saturated carbocycles. The lowest BCUT2D eigenvalue weighted by Gasteiger charge is -2.39. The van der Waals surface area contributed by atoms with Crippen LogP contribution in [0.25, 0.3) is 0 Å². The highest BCUT2D eigenvalue weighted by Crippen LogP contribution is 2.34. The molecule has 4 aliphatic rings. The van der Waals surface area contributed by atoms with Gasteiger partial charge in [-0.1, -0.05) is 6.42 Å². The highest BCUT2D eigenvalue weighted by atomic mass is 16.2. The predicted octanol–water partition coefficient (Wildman–Crippen LogP) is 0.0823. The first-order valence-corrected chi connectivity index (χ1v) is 9.12. The minimum absolute atomic E-state index is 0.0715. The second-order valence-corrected chi connectivity index (χ2v) is 7.90. The van der Waals surface area contributed by atoms with Crippen LogP contribution in [0.15, 0.2) is 0 Å². The van der Waals surface area contributed by atoms with Gasteiger partial charge >= 0.3 is 0 Å². The normalized spacial score (nSPS) is 34.3. The number of rotatable bonds is 2. The van der Waals surface area contributed by atoms with E-state index in [0.29, 0.717) is 18.5 Å². The Kier molecular flexibility index (Phi) is 3.84. The molecule has 0 aromatic carbocycles. The fraction of sp³-hybridized carbons (Fsp3) is 0.882. The van der Waals surface area contributed by atoms with Gasteiger partial charge in [-0.05, 0) is 52.2 Å². The highest BCUT2D eigenvalue weighted by Gasteiger charge is 2.49. The summed E-state index contributed by atoms with van der Waals surface area (Å²) >= 11 is 0. The van der Waals surface area contributed by atoms with E-state index in [1.807, 2.05) is 4.90 Å². The van der Waals surface area contributed by atoms with E-state index in [1.165, 1.54) is 19.3 Å². The summed E-state index contributed by atoms with van der Waals surface area (Å²) in [4.78, 5) is 29.9. The van der Waals surface area contributed by atoms with E-state index in [1.54, 1.807) is 0 Å². The maximum absolute atomic E-state index is 12.8. The fourth-order valence-electron chi connectivity index (χ4n) is 4.71. The first-order valence-electron chi connectivity index (χ1n) is 9.12. The maximum Gasteiger partial charge on any atom is 0.243 e. The van der Waals surface area contributed by atoms with Crippen molar-refractivity contribution in [3.8, 4) is 0 Å². The molecule has 0 aromatic rings. The van der Waals surface area contributed by atoms with Gasteiger partial charge in [0, 0.05) is 18.6 Å². The average molecular weight is 320 g/mol. The third-order valence-electron chi connectivity index (χ3n) is 6.57. The quantitative estimate of drug-likeness (QED) is 0.756. The van der Waals surface area contributed by atoms with E-state index in [4.69, 9.17) is 0 Å². The second kappa shape index (κ2) is 5.74. The zero-order valence-electron chi connectivity index (χ0n) is 14.0. The van der Waals surface area contributed by atoms with Gasteiger partial charge in [0.25, 0.3) is 0 Å². The van der Waals surface area contributed by atoms with Crippen molar-refractivity contribution in [2.75, 3.05) is 26.7 Å². The van der Waals surface area contributed by atoms with E-state index in [0.717, 1.165) is 38.9 Å². The molecule has 3 aliphatic heterocycles. The number of nitrogens with zero attached hydrogens (tertiary/aromatic N) is 2. The summed E-state index contributed by atoms with van der Waals surface area (Å²) in [5, 5.41) is 6.57. The Morgan fingerprint density at radius 2 is 1.91 bits per heavy atom. The van der Waals surface area contributed by atoms with Gasteiger partial charge in [0.2, 0.25) is 11.8 Å². The predicted molar refractivity (Wildman–Crippen MR) is 86.9 cm³/mol. The Morgan fingerprint density at radius 1 is 1.17 bits per heavy atom. The van der Waals surface area contributed by atoms with Crippen LogP contribution >= 0.6 is 0 Å². The molecule has 4 fully saturated rings. The van der Waals surface area contributed by atoms with Gasteiger partial charge < -0.3 is 15.5 Å². The molecule has 1 spiro atoms. The van der Waals surface area contributed by atoms with Crippen LogP contribution in [0.3, 0.4) is 0 Å². The summed E-state index contributed by atoms with van der Waals surface area (Å²) in [6, 6.07) is 0.726. The van der Waals surface area contributed by atoms with Gasteiger partial charge in [0.15, 0.2) is 0 Å². The van der Waals surface area contributed by atoms with Crippen LogP contribution in [0.5, 0.6) is 0 Å². The summed E-state index contributed by atoms with van der Waals surface area (Å²) < 4.78 is 0. The van der Waals surface area contributed by atoms with Gasteiger partial charge in [-0.3, -0.25) is 14.5 Å². The monoisotopic (exact) mass is 320 g/mol. The molecule has 128 valence electrons. The van der Waals surface area contributed by atoms with Crippen molar-refractivity contribution in [3.05, 3.63) is 0 Å². The number of hydrogen-bond donors (Lipinski definition) is 2. The van der Waals surface area contributed by atoms with Crippen LogP contribution in [0, 0.1) is 0 Å². The number of piperidine rings is 1. The molecule has 0 aromatic heterocycles. The van der Waals surface area contributed by atoms with E-state index >= 15 is 0 Å². The lowest BCUT2D eigenvalue weighted by Crippen LogP contribution is -2.55. The third kappa shape index (κ3) is 2.66. The minimum Gasteiger partial charge on any atom is -0.348 e. The van der Waals surface area contributed by atoms with Gasteiger partial charge in [0.1, 0.15) is 6.04 Å². The first kappa shape index (κ1) is 15.4. The molecule has 0 bridgehead atoms. The van der Waals surface area contributed by atoms with Crippen molar-refractivity contribution in [3.63, 3.8) is 0 Å². The average Bonchev–Trinajstić information content (AvgIpc) is 2.88. The molecule has 2 atom stereocenters. The van der Waals surface area contributed by atoms with Crippen LogP contribution in [0.1, 0.15) is 44.9 Å². The Bertz CT molecular complexity index is 471. The SMILES string of the molecule is CN(C1CCC1)[C@H]1C[C@H]2C(=O)NC3(CCNCC3)CC(=O)N2C1. The summed E-state index contributed by atoms with van der Waals surface area (Å²) in [6.07, 6.45) is 6.80. The van der Waals surface area contributed by atoms with Crippen LogP contribution in [0.2, 0.25) is 0 Å². The number of nitrogens with one attached hydrogen (secondary N) is 2. The molecule has 0 radical (unpaired) electrons. The number of likely N-dealkylation sites (N-methyl/N-ethyl adjacent to an activating group) is 1. The topological polar surface area (TPSA) is 64.7 Å². The second-order valence-electron chi connectivity index (χ2n) is 7.90. The van der Waals surface area contributed by atoms with Gasteiger partial charge in [-0.25, -0.2) is 0 Å². The van der Waals surface area contributed by atoms with Crippen LogP contribution in [-0.2, 0) is 9.59 Å². The zero-order chi connectivity index (χ0) is 16.0. The van der Waals surface area contributed by atoms with Crippen LogP contribution < -0.4 is 10.6 Å².